The fourth-order valence-corrected chi connectivity index (χ4v) is 1.62. The summed E-state index contributed by atoms with van der Waals surface area (Å²) >= 11 is 0. The van der Waals surface area contributed by atoms with E-state index < -0.39 is 17.5 Å². The van der Waals surface area contributed by atoms with E-state index in [4.69, 9.17) is 4.74 Å². The van der Waals surface area contributed by atoms with Crippen LogP contribution >= 0.6 is 0 Å². The topological polar surface area (TPSA) is 69.7 Å². The summed E-state index contributed by atoms with van der Waals surface area (Å²) in [7, 11) is 0. The molecule has 0 aromatic rings. The molecule has 0 radical (unpaired) electrons. The van der Waals surface area contributed by atoms with Crippen LogP contribution in [0.2, 0.25) is 0 Å². The number of nitrogens with zero attached hydrogens (tertiary/aromatic N) is 1. The van der Waals surface area contributed by atoms with Crippen LogP contribution in [0.5, 0.6) is 0 Å². The van der Waals surface area contributed by atoms with E-state index in [1.54, 1.807) is 25.7 Å². The van der Waals surface area contributed by atoms with E-state index in [0.29, 0.717) is 25.9 Å². The van der Waals surface area contributed by atoms with Gasteiger partial charge in [0.25, 0.3) is 0 Å². The van der Waals surface area contributed by atoms with Gasteiger partial charge in [-0.2, -0.15) is 0 Å². The third kappa shape index (κ3) is 6.49. The second-order valence-electron chi connectivity index (χ2n) is 5.06. The Morgan fingerprint density at radius 1 is 1.24 bits per heavy atom. The average Bonchev–Trinajstić information content (AvgIpc) is 2.15. The van der Waals surface area contributed by atoms with Crippen LogP contribution in [-0.2, 0) is 9.53 Å². The van der Waals surface area contributed by atoms with Gasteiger partial charge < -0.3 is 19.5 Å². The van der Waals surface area contributed by atoms with Crippen molar-refractivity contribution in [2.24, 2.45) is 5.92 Å². The third-order valence-electron chi connectivity index (χ3n) is 2.48. The molecule has 0 spiro atoms. The summed E-state index contributed by atoms with van der Waals surface area (Å²) in [6, 6.07) is 0. The first-order valence-corrected chi connectivity index (χ1v) is 5.48. The van der Waals surface area contributed by atoms with Crippen molar-refractivity contribution in [2.45, 2.75) is 39.2 Å². The average molecular weight is 361 g/mol. The maximum atomic E-state index is 11.6. The summed E-state index contributed by atoms with van der Waals surface area (Å²) in [5.74, 6) is -1.46. The van der Waals surface area contributed by atoms with Crippen molar-refractivity contribution in [3.05, 3.63) is 0 Å². The molecule has 0 N–H and O–H groups in total. The Hall–Kier alpha value is 0.792. The standard InChI is InChI=1S/C11H19NO4.Cs/c1-11(2,3)16-10(15)12-6-4-8(5-7-12)9(13)14;/h8H,4-7H2,1-3H3,(H,13,14);/q;+1/p-1. The second-order valence-corrected chi connectivity index (χ2v) is 5.06. The van der Waals surface area contributed by atoms with Gasteiger partial charge in [0, 0.05) is 25.0 Å². The number of hydrogen-bond donors (Lipinski definition) is 0. The number of ether oxygens (including phenoxy) is 1. The van der Waals surface area contributed by atoms with Crippen LogP contribution in [0.4, 0.5) is 4.79 Å². The summed E-state index contributed by atoms with van der Waals surface area (Å²) < 4.78 is 5.20. The summed E-state index contributed by atoms with van der Waals surface area (Å²) in [6.07, 6.45) is 0.521. The molecule has 5 nitrogen and oxygen atoms in total. The SMILES string of the molecule is CC(C)(C)OC(=O)N1CCC(C(=O)[O-])CC1.[Cs+]. The van der Waals surface area contributed by atoms with Gasteiger partial charge in [-0.25, -0.2) is 4.79 Å². The molecule has 0 bridgehead atoms. The maximum absolute atomic E-state index is 11.6. The number of amides is 1. The fourth-order valence-electron chi connectivity index (χ4n) is 1.62. The molecule has 1 saturated heterocycles. The fraction of sp³-hybridized carbons (Fsp3) is 0.818. The number of carboxylic acid groups (broad SMARTS) is 1. The minimum atomic E-state index is -1.02. The molecule has 0 saturated carbocycles. The number of rotatable bonds is 1. The van der Waals surface area contributed by atoms with Crippen LogP contribution in [0.1, 0.15) is 33.6 Å². The molecule has 17 heavy (non-hydrogen) atoms. The number of aliphatic carboxylic acids is 1. The molecular formula is C11H18CsNO4. The normalized spacial score (nSPS) is 17.2. The molecule has 6 heteroatoms. The largest absolute Gasteiger partial charge is 1.00 e. The van der Waals surface area contributed by atoms with E-state index >= 15 is 0 Å². The number of likely N-dealkylation sites (tertiary alicyclic amines) is 1. The van der Waals surface area contributed by atoms with Crippen molar-refractivity contribution in [1.82, 2.24) is 4.90 Å². The Morgan fingerprint density at radius 2 is 1.71 bits per heavy atom. The first-order chi connectivity index (χ1) is 7.29. The van der Waals surface area contributed by atoms with Crippen molar-refractivity contribution >= 4 is 12.1 Å². The van der Waals surface area contributed by atoms with E-state index in [0.717, 1.165) is 0 Å². The predicted molar refractivity (Wildman–Crippen MR) is 55.5 cm³/mol. The molecule has 0 unspecified atom stereocenters. The quantitative estimate of drug-likeness (QED) is 0.513. The van der Waals surface area contributed by atoms with E-state index in [9.17, 15) is 14.7 Å². The van der Waals surface area contributed by atoms with Crippen molar-refractivity contribution < 1.29 is 88.3 Å². The minimum Gasteiger partial charge on any atom is -0.550 e. The van der Waals surface area contributed by atoms with Crippen molar-refractivity contribution in [2.75, 3.05) is 13.1 Å². The van der Waals surface area contributed by atoms with E-state index in [1.165, 1.54) is 0 Å². The zero-order valence-corrected chi connectivity index (χ0v) is 17.3. The Labute approximate surface area is 161 Å². The smallest absolute Gasteiger partial charge is 0.550 e. The number of hydrogen-bond acceptors (Lipinski definition) is 4. The van der Waals surface area contributed by atoms with Crippen LogP contribution in [0.15, 0.2) is 0 Å². The van der Waals surface area contributed by atoms with Gasteiger partial charge in [-0.1, -0.05) is 0 Å². The van der Waals surface area contributed by atoms with Gasteiger partial charge in [-0.15, -0.1) is 0 Å². The molecule has 0 aromatic carbocycles. The first kappa shape index (κ1) is 17.8. The molecular weight excluding hydrogens is 343 g/mol. The number of carboxylic acids is 1. The molecule has 1 fully saturated rings. The second kappa shape index (κ2) is 7.40. The molecule has 1 amide bonds. The summed E-state index contributed by atoms with van der Waals surface area (Å²) in [5, 5.41) is 10.6. The first-order valence-electron chi connectivity index (χ1n) is 5.48. The zero-order chi connectivity index (χ0) is 12.3. The molecule has 0 aromatic heterocycles. The Balaban J connectivity index is 0.00000256. The van der Waals surface area contributed by atoms with Gasteiger partial charge >= 0.3 is 75.0 Å². The van der Waals surface area contributed by atoms with Crippen LogP contribution in [0.3, 0.4) is 0 Å². The summed E-state index contributed by atoms with van der Waals surface area (Å²) in [6.45, 7) is 6.26. The van der Waals surface area contributed by atoms with Crippen LogP contribution < -0.4 is 74.0 Å². The van der Waals surface area contributed by atoms with Gasteiger partial charge in [0.15, 0.2) is 0 Å². The summed E-state index contributed by atoms with van der Waals surface area (Å²) in [5.41, 5.74) is -0.512. The molecule has 0 aliphatic carbocycles. The number of carbonyl (C=O) groups excluding carboxylic acids is 2. The number of piperidine rings is 1. The van der Waals surface area contributed by atoms with Crippen LogP contribution in [0.25, 0.3) is 0 Å². The van der Waals surface area contributed by atoms with Gasteiger partial charge in [0.05, 0.1) is 0 Å². The third-order valence-corrected chi connectivity index (χ3v) is 2.48. The molecule has 1 aliphatic rings. The Kier molecular flexibility index (Phi) is 7.74. The molecule has 0 atom stereocenters. The van der Waals surface area contributed by atoms with Crippen LogP contribution in [-0.4, -0.2) is 35.7 Å². The van der Waals surface area contributed by atoms with Gasteiger partial charge in [0.2, 0.25) is 0 Å². The van der Waals surface area contributed by atoms with Crippen molar-refractivity contribution in [3.63, 3.8) is 0 Å². The maximum Gasteiger partial charge on any atom is 1.00 e. The van der Waals surface area contributed by atoms with E-state index in [2.05, 4.69) is 0 Å². The van der Waals surface area contributed by atoms with Crippen molar-refractivity contribution in [1.29, 1.82) is 0 Å². The molecule has 1 heterocycles. The van der Waals surface area contributed by atoms with E-state index in [-0.39, 0.29) is 75.0 Å². The van der Waals surface area contributed by atoms with Gasteiger partial charge in [-0.3, -0.25) is 0 Å². The Bertz CT molecular complexity index is 280. The number of carbonyl (C=O) groups is 2. The molecule has 1 rings (SSSR count). The molecule has 1 aliphatic heterocycles. The molecule has 92 valence electrons. The minimum absolute atomic E-state index is 0. The zero-order valence-electron chi connectivity index (χ0n) is 11.0. The Morgan fingerprint density at radius 3 is 2.06 bits per heavy atom. The van der Waals surface area contributed by atoms with Crippen LogP contribution in [0, 0.1) is 5.92 Å². The predicted octanol–water partition coefficient (Wildman–Crippen LogP) is -2.61. The summed E-state index contributed by atoms with van der Waals surface area (Å²) in [4.78, 5) is 23.8. The monoisotopic (exact) mass is 361 g/mol. The van der Waals surface area contributed by atoms with E-state index in [1.807, 2.05) is 0 Å². The van der Waals surface area contributed by atoms with Gasteiger partial charge in [0.1, 0.15) is 5.60 Å². The van der Waals surface area contributed by atoms with Crippen molar-refractivity contribution in [3.8, 4) is 0 Å². The van der Waals surface area contributed by atoms with Gasteiger partial charge in [-0.05, 0) is 33.6 Å².